The van der Waals surface area contributed by atoms with Crippen molar-refractivity contribution in [3.05, 3.63) is 54.1 Å². The molecular weight excluding hydrogens is 358 g/mol. The summed E-state index contributed by atoms with van der Waals surface area (Å²) in [6.45, 7) is 3.03. The van der Waals surface area contributed by atoms with Gasteiger partial charge in [0.25, 0.3) is 0 Å². The Kier molecular flexibility index (Phi) is 11.2. The highest BCUT2D eigenvalue weighted by Gasteiger charge is 1.97. The largest absolute Gasteiger partial charge is 0.494 e. The van der Waals surface area contributed by atoms with Crippen LogP contribution in [-0.2, 0) is 0 Å². The predicted octanol–water partition coefficient (Wildman–Crippen LogP) is 8.27. The number of hydrogen-bond acceptors (Lipinski definition) is 4. The Morgan fingerprint density at radius 3 is 1.69 bits per heavy atom. The van der Waals surface area contributed by atoms with E-state index >= 15 is 0 Å². The average molecular weight is 392 g/mol. The Balaban J connectivity index is 1.57. The number of nitrogens with zero attached hydrogens (tertiary/aromatic N) is 3. The molecule has 0 unspecified atom stereocenters. The molecule has 0 aromatic heterocycles. The smallest absolute Gasteiger partial charge is 0.119 e. The molecule has 4 heteroatoms. The van der Waals surface area contributed by atoms with Gasteiger partial charge in [-0.25, -0.2) is 0 Å². The summed E-state index contributed by atoms with van der Waals surface area (Å²) in [5, 5.41) is 17.2. The predicted molar refractivity (Wildman–Crippen MR) is 119 cm³/mol. The first-order chi connectivity index (χ1) is 14.3. The van der Waals surface area contributed by atoms with Crippen molar-refractivity contribution < 1.29 is 4.74 Å². The molecule has 0 N–H and O–H groups in total. The second-order valence-corrected chi connectivity index (χ2v) is 7.38. The van der Waals surface area contributed by atoms with Crippen LogP contribution in [0.5, 0.6) is 5.75 Å². The zero-order chi connectivity index (χ0) is 20.6. The highest BCUT2D eigenvalue weighted by molar-refractivity contribution is 5.44. The molecule has 0 radical (unpaired) electrons. The number of rotatable bonds is 14. The average Bonchev–Trinajstić information content (AvgIpc) is 2.77. The molecule has 0 saturated heterocycles. The summed E-state index contributed by atoms with van der Waals surface area (Å²) in [5.74, 6) is 0.873. The molecule has 0 bridgehead atoms. The molecule has 2 aromatic rings. The monoisotopic (exact) mass is 391 g/mol. The van der Waals surface area contributed by atoms with E-state index in [1.165, 1.54) is 57.8 Å². The summed E-state index contributed by atoms with van der Waals surface area (Å²) in [4.78, 5) is 0. The highest BCUT2D eigenvalue weighted by Crippen LogP contribution is 2.22. The lowest BCUT2D eigenvalue weighted by molar-refractivity contribution is 0.304. The molecule has 0 aliphatic rings. The van der Waals surface area contributed by atoms with Crippen LogP contribution in [0.25, 0.3) is 0 Å². The van der Waals surface area contributed by atoms with Crippen LogP contribution >= 0.6 is 0 Å². The number of benzene rings is 2. The van der Waals surface area contributed by atoms with Gasteiger partial charge < -0.3 is 4.74 Å². The second kappa shape index (κ2) is 14.3. The molecule has 0 amide bonds. The summed E-state index contributed by atoms with van der Waals surface area (Å²) in [5.41, 5.74) is 2.12. The third kappa shape index (κ3) is 9.89. The van der Waals surface area contributed by atoms with Gasteiger partial charge in [0.1, 0.15) is 5.75 Å². The zero-order valence-corrected chi connectivity index (χ0v) is 17.6. The van der Waals surface area contributed by atoms with E-state index in [0.717, 1.165) is 30.2 Å². The van der Waals surface area contributed by atoms with Gasteiger partial charge in [0.05, 0.1) is 29.6 Å². The molecule has 0 spiro atoms. The maximum Gasteiger partial charge on any atom is 0.119 e. The van der Waals surface area contributed by atoms with Gasteiger partial charge in [-0.2, -0.15) is 15.5 Å². The van der Waals surface area contributed by atoms with E-state index in [1.54, 1.807) is 24.3 Å². The van der Waals surface area contributed by atoms with Crippen LogP contribution in [-0.4, -0.2) is 6.61 Å². The number of hydrogen-bond donors (Lipinski definition) is 0. The van der Waals surface area contributed by atoms with E-state index in [4.69, 9.17) is 10.00 Å². The highest BCUT2D eigenvalue weighted by atomic mass is 16.5. The first kappa shape index (κ1) is 22.6. The summed E-state index contributed by atoms with van der Waals surface area (Å²) in [6.07, 6.45) is 13.3. The van der Waals surface area contributed by atoms with Gasteiger partial charge in [0.15, 0.2) is 0 Å². The minimum absolute atomic E-state index is 0.618. The SMILES string of the molecule is CCCCCCCCCCCCOc1ccc(N=Nc2ccc(C#N)cc2)cc1. The van der Waals surface area contributed by atoms with Crippen LogP contribution in [0, 0.1) is 11.3 Å². The molecule has 0 fully saturated rings. The van der Waals surface area contributed by atoms with Crippen molar-refractivity contribution in [3.63, 3.8) is 0 Å². The third-order valence-electron chi connectivity index (χ3n) is 4.88. The Labute approximate surface area is 175 Å². The van der Waals surface area contributed by atoms with E-state index in [1.807, 2.05) is 24.3 Å². The third-order valence-corrected chi connectivity index (χ3v) is 4.88. The van der Waals surface area contributed by atoms with Gasteiger partial charge in [0, 0.05) is 0 Å². The molecule has 0 aliphatic heterocycles. The number of ether oxygens (including phenoxy) is 1. The van der Waals surface area contributed by atoms with Gasteiger partial charge in [0.2, 0.25) is 0 Å². The fraction of sp³-hybridized carbons (Fsp3) is 0.480. The van der Waals surface area contributed by atoms with E-state index in [9.17, 15) is 0 Å². The Morgan fingerprint density at radius 1 is 0.690 bits per heavy atom. The van der Waals surface area contributed by atoms with E-state index in [2.05, 4.69) is 23.2 Å². The van der Waals surface area contributed by atoms with Crippen molar-refractivity contribution in [2.24, 2.45) is 10.2 Å². The van der Waals surface area contributed by atoms with Crippen molar-refractivity contribution in [2.75, 3.05) is 6.61 Å². The lowest BCUT2D eigenvalue weighted by Gasteiger charge is -2.06. The molecule has 0 heterocycles. The first-order valence-corrected chi connectivity index (χ1v) is 11.0. The summed E-state index contributed by atoms with van der Waals surface area (Å²) >= 11 is 0. The van der Waals surface area contributed by atoms with Gasteiger partial charge in [-0.3, -0.25) is 0 Å². The minimum Gasteiger partial charge on any atom is -0.494 e. The molecule has 0 aliphatic carbocycles. The van der Waals surface area contributed by atoms with Crippen molar-refractivity contribution in [3.8, 4) is 11.8 Å². The van der Waals surface area contributed by atoms with Crippen LogP contribution in [0.2, 0.25) is 0 Å². The van der Waals surface area contributed by atoms with Crippen molar-refractivity contribution in [1.29, 1.82) is 5.26 Å². The van der Waals surface area contributed by atoms with E-state index in [-0.39, 0.29) is 0 Å². The van der Waals surface area contributed by atoms with Crippen molar-refractivity contribution in [2.45, 2.75) is 71.1 Å². The van der Waals surface area contributed by atoms with Crippen molar-refractivity contribution in [1.82, 2.24) is 0 Å². The molecule has 29 heavy (non-hydrogen) atoms. The van der Waals surface area contributed by atoms with Crippen LogP contribution in [0.4, 0.5) is 11.4 Å². The molecule has 0 saturated carbocycles. The fourth-order valence-corrected chi connectivity index (χ4v) is 3.11. The standard InChI is InChI=1S/C25H33N3O/c1-2-3-4-5-6-7-8-9-10-11-20-29-25-18-16-24(17-19-25)28-27-23-14-12-22(21-26)13-15-23/h12-19H,2-11,20H2,1H3. The minimum atomic E-state index is 0.618. The van der Waals surface area contributed by atoms with Gasteiger partial charge in [-0.1, -0.05) is 64.7 Å². The zero-order valence-electron chi connectivity index (χ0n) is 17.6. The van der Waals surface area contributed by atoms with E-state index < -0.39 is 0 Å². The lowest BCUT2D eigenvalue weighted by Crippen LogP contribution is -1.96. The number of azo groups is 1. The van der Waals surface area contributed by atoms with Gasteiger partial charge in [-0.05, 0) is 55.0 Å². The Bertz CT molecular complexity index is 745. The number of unbranched alkanes of at least 4 members (excludes halogenated alkanes) is 9. The molecule has 154 valence electrons. The van der Waals surface area contributed by atoms with E-state index in [0.29, 0.717) is 5.56 Å². The normalized spacial score (nSPS) is 10.9. The van der Waals surface area contributed by atoms with Crippen LogP contribution in [0.3, 0.4) is 0 Å². The summed E-state index contributed by atoms with van der Waals surface area (Å²) < 4.78 is 5.82. The lowest BCUT2D eigenvalue weighted by atomic mass is 10.1. The topological polar surface area (TPSA) is 57.7 Å². The van der Waals surface area contributed by atoms with Crippen LogP contribution in [0.15, 0.2) is 58.8 Å². The first-order valence-electron chi connectivity index (χ1n) is 11.0. The second-order valence-electron chi connectivity index (χ2n) is 7.38. The molecule has 2 rings (SSSR count). The maximum atomic E-state index is 8.81. The molecule has 4 nitrogen and oxygen atoms in total. The van der Waals surface area contributed by atoms with Crippen LogP contribution in [0.1, 0.15) is 76.7 Å². The molecular formula is C25H33N3O. The molecule has 0 atom stereocenters. The Hall–Kier alpha value is -2.67. The Morgan fingerprint density at radius 2 is 1.17 bits per heavy atom. The maximum absolute atomic E-state index is 8.81. The van der Waals surface area contributed by atoms with Crippen molar-refractivity contribution >= 4 is 11.4 Å². The van der Waals surface area contributed by atoms with Crippen LogP contribution < -0.4 is 4.74 Å². The summed E-state index contributed by atoms with van der Waals surface area (Å²) in [6, 6.07) is 16.8. The number of nitriles is 1. The summed E-state index contributed by atoms with van der Waals surface area (Å²) in [7, 11) is 0. The fourth-order valence-electron chi connectivity index (χ4n) is 3.11. The quantitative estimate of drug-likeness (QED) is 0.240. The molecule has 2 aromatic carbocycles. The van der Waals surface area contributed by atoms with Gasteiger partial charge in [-0.15, -0.1) is 0 Å². The van der Waals surface area contributed by atoms with Gasteiger partial charge >= 0.3 is 0 Å².